The number of carboxylic acid groups (broad SMARTS) is 1. The first-order valence-electron chi connectivity index (χ1n) is 7.45. The Labute approximate surface area is 134 Å². The van der Waals surface area contributed by atoms with Gasteiger partial charge in [0.05, 0.1) is 16.1 Å². The first-order valence-corrected chi connectivity index (χ1v) is 8.27. The highest BCUT2D eigenvalue weighted by atomic mass is 32.1. The highest BCUT2D eigenvalue weighted by molar-refractivity contribution is 7.16. The summed E-state index contributed by atoms with van der Waals surface area (Å²) in [5.74, 6) is -0.862. The van der Waals surface area contributed by atoms with Crippen LogP contribution in [0.2, 0.25) is 0 Å². The summed E-state index contributed by atoms with van der Waals surface area (Å²) in [6, 6.07) is 3.75. The topological polar surface area (TPSA) is 76.2 Å². The van der Waals surface area contributed by atoms with E-state index in [9.17, 15) is 9.90 Å². The third kappa shape index (κ3) is 2.55. The Bertz CT molecular complexity index is 734. The maximum Gasteiger partial charge on any atom is 0.337 e. The molecule has 0 radical (unpaired) electrons. The van der Waals surface area contributed by atoms with Crippen LogP contribution in [0.25, 0.3) is 10.6 Å². The predicted molar refractivity (Wildman–Crippen MR) is 88.2 cm³/mol. The largest absolute Gasteiger partial charge is 0.478 e. The van der Waals surface area contributed by atoms with Crippen LogP contribution in [0.15, 0.2) is 18.3 Å². The van der Waals surface area contributed by atoms with E-state index in [4.69, 9.17) is 5.73 Å². The van der Waals surface area contributed by atoms with Gasteiger partial charge in [0.1, 0.15) is 0 Å². The molecule has 0 fully saturated rings. The maximum atomic E-state index is 11.9. The monoisotopic (exact) mass is 316 g/mol. The summed E-state index contributed by atoms with van der Waals surface area (Å²) in [7, 11) is 0. The lowest BCUT2D eigenvalue weighted by atomic mass is 9.76. The number of nitrogens with zero attached hydrogens (tertiary/aromatic N) is 1. The molecule has 22 heavy (non-hydrogen) atoms. The highest BCUT2D eigenvalue weighted by Gasteiger charge is 2.33. The molecule has 2 aromatic rings. The van der Waals surface area contributed by atoms with E-state index in [2.05, 4.69) is 18.8 Å². The van der Waals surface area contributed by atoms with Crippen LogP contribution >= 0.6 is 11.3 Å². The summed E-state index contributed by atoms with van der Waals surface area (Å²) in [6.45, 7) is 4.76. The van der Waals surface area contributed by atoms with Crippen molar-refractivity contribution in [2.75, 3.05) is 0 Å². The number of thiophene rings is 1. The number of aromatic nitrogens is 1. The fourth-order valence-corrected chi connectivity index (χ4v) is 4.46. The van der Waals surface area contributed by atoms with E-state index in [-0.39, 0.29) is 5.41 Å². The van der Waals surface area contributed by atoms with Gasteiger partial charge >= 0.3 is 5.97 Å². The van der Waals surface area contributed by atoms with Gasteiger partial charge in [-0.1, -0.05) is 19.9 Å². The second kappa shape index (κ2) is 5.48. The van der Waals surface area contributed by atoms with Crippen molar-refractivity contribution in [3.63, 3.8) is 0 Å². The Balaban J connectivity index is 2.21. The molecular formula is C17H20N2O2S. The summed E-state index contributed by atoms with van der Waals surface area (Å²) in [5, 5.41) is 9.75. The van der Waals surface area contributed by atoms with Gasteiger partial charge in [0.15, 0.2) is 0 Å². The van der Waals surface area contributed by atoms with Crippen LogP contribution in [0.1, 0.15) is 46.6 Å². The van der Waals surface area contributed by atoms with E-state index in [1.165, 1.54) is 4.88 Å². The lowest BCUT2D eigenvalue weighted by Gasteiger charge is -2.29. The van der Waals surface area contributed by atoms with Crippen molar-refractivity contribution in [3.8, 4) is 10.6 Å². The lowest BCUT2D eigenvalue weighted by Crippen LogP contribution is -2.22. The zero-order valence-electron chi connectivity index (χ0n) is 12.8. The Morgan fingerprint density at radius 3 is 2.95 bits per heavy atom. The Hall–Kier alpha value is -1.72. The van der Waals surface area contributed by atoms with Gasteiger partial charge in [0.2, 0.25) is 0 Å². The molecule has 0 saturated heterocycles. The summed E-state index contributed by atoms with van der Waals surface area (Å²) >= 11 is 1.57. The normalized spacial score (nSPS) is 16.3. The van der Waals surface area contributed by atoms with E-state index < -0.39 is 5.97 Å². The van der Waals surface area contributed by atoms with Crippen molar-refractivity contribution in [1.29, 1.82) is 0 Å². The van der Waals surface area contributed by atoms with Crippen molar-refractivity contribution < 1.29 is 9.90 Å². The number of aryl methyl sites for hydroxylation is 1. The third-order valence-electron chi connectivity index (χ3n) is 4.31. The fraction of sp³-hybridized carbons (Fsp3) is 0.412. The van der Waals surface area contributed by atoms with Crippen molar-refractivity contribution in [3.05, 3.63) is 39.9 Å². The van der Waals surface area contributed by atoms with Crippen molar-refractivity contribution in [1.82, 2.24) is 4.98 Å². The molecular weight excluding hydrogens is 296 g/mol. The lowest BCUT2D eigenvalue weighted by molar-refractivity contribution is 0.0696. The zero-order valence-corrected chi connectivity index (χ0v) is 13.7. The third-order valence-corrected chi connectivity index (χ3v) is 5.61. The molecule has 0 amide bonds. The highest BCUT2D eigenvalue weighted by Crippen LogP contribution is 2.45. The number of hydrogen-bond donors (Lipinski definition) is 2. The molecule has 0 aliphatic heterocycles. The van der Waals surface area contributed by atoms with E-state index in [1.54, 1.807) is 17.5 Å². The molecule has 4 nitrogen and oxygen atoms in total. The molecule has 3 rings (SSSR count). The number of carbonyl (C=O) groups is 1. The molecule has 1 aliphatic rings. The Morgan fingerprint density at radius 1 is 1.50 bits per heavy atom. The first kappa shape index (κ1) is 15.2. The minimum atomic E-state index is -0.862. The van der Waals surface area contributed by atoms with Crippen LogP contribution in [-0.2, 0) is 19.4 Å². The minimum absolute atomic E-state index is 0.149. The van der Waals surface area contributed by atoms with Gasteiger partial charge in [0.25, 0.3) is 0 Å². The van der Waals surface area contributed by atoms with E-state index in [0.717, 1.165) is 41.0 Å². The fourth-order valence-electron chi connectivity index (χ4n) is 3.12. The van der Waals surface area contributed by atoms with Gasteiger partial charge < -0.3 is 10.8 Å². The molecule has 2 heterocycles. The average Bonchev–Trinajstić information content (AvgIpc) is 2.84. The Kier molecular flexibility index (Phi) is 3.78. The van der Waals surface area contributed by atoms with Crippen LogP contribution in [0.5, 0.6) is 0 Å². The number of rotatable bonds is 3. The first-order chi connectivity index (χ1) is 10.4. The number of fused-ring (bicyclic) bond motifs is 1. The van der Waals surface area contributed by atoms with Crippen molar-refractivity contribution >= 4 is 17.3 Å². The minimum Gasteiger partial charge on any atom is -0.478 e. The van der Waals surface area contributed by atoms with Crippen molar-refractivity contribution in [2.45, 2.75) is 39.7 Å². The number of hydrogen-bond acceptors (Lipinski definition) is 4. The maximum absolute atomic E-state index is 11.9. The van der Waals surface area contributed by atoms with E-state index in [0.29, 0.717) is 12.1 Å². The zero-order chi connectivity index (χ0) is 15.9. The summed E-state index contributed by atoms with van der Waals surface area (Å²) < 4.78 is 0. The van der Waals surface area contributed by atoms with E-state index in [1.807, 2.05) is 12.1 Å². The van der Waals surface area contributed by atoms with Crippen LogP contribution in [-0.4, -0.2) is 16.1 Å². The molecule has 0 spiro atoms. The molecule has 2 aromatic heterocycles. The quantitative estimate of drug-likeness (QED) is 0.909. The average molecular weight is 316 g/mol. The molecule has 3 N–H and O–H groups in total. The number of aromatic carboxylic acids is 1. The smallest absolute Gasteiger partial charge is 0.337 e. The van der Waals surface area contributed by atoms with Gasteiger partial charge in [-0.15, -0.1) is 11.3 Å². The van der Waals surface area contributed by atoms with Crippen LogP contribution in [0.3, 0.4) is 0 Å². The molecule has 0 atom stereocenters. The van der Waals surface area contributed by atoms with E-state index >= 15 is 0 Å². The number of carboxylic acids is 1. The Morgan fingerprint density at radius 2 is 2.27 bits per heavy atom. The summed E-state index contributed by atoms with van der Waals surface area (Å²) in [6.07, 6.45) is 4.54. The number of pyridine rings is 1. The second-order valence-electron chi connectivity index (χ2n) is 6.57. The van der Waals surface area contributed by atoms with Gasteiger partial charge in [-0.2, -0.15) is 0 Å². The molecule has 1 aliphatic carbocycles. The van der Waals surface area contributed by atoms with Gasteiger partial charge in [-0.3, -0.25) is 4.98 Å². The molecule has 0 aromatic carbocycles. The SMILES string of the molecule is CC1(C)CCc2sc(-c3ncccc3CN)c(C(=O)O)c2C1. The standard InChI is InChI=1S/C17H20N2O2S/c1-17(2)6-5-12-11(8-17)13(16(20)21)15(22-12)14-10(9-18)4-3-7-19-14/h3-4,7H,5-6,8-9,18H2,1-2H3,(H,20,21). The summed E-state index contributed by atoms with van der Waals surface area (Å²) in [5.41, 5.74) is 8.99. The van der Waals surface area contributed by atoms with Crippen LogP contribution < -0.4 is 5.73 Å². The predicted octanol–water partition coefficient (Wildman–Crippen LogP) is 3.48. The second-order valence-corrected chi connectivity index (χ2v) is 7.67. The molecule has 0 saturated carbocycles. The molecule has 5 heteroatoms. The van der Waals surface area contributed by atoms with Gasteiger partial charge in [-0.05, 0) is 41.9 Å². The summed E-state index contributed by atoms with van der Waals surface area (Å²) in [4.78, 5) is 18.3. The molecule has 0 unspecified atom stereocenters. The molecule has 116 valence electrons. The van der Waals surface area contributed by atoms with Crippen LogP contribution in [0.4, 0.5) is 0 Å². The molecule has 0 bridgehead atoms. The van der Waals surface area contributed by atoms with Gasteiger partial charge in [0, 0.05) is 17.6 Å². The van der Waals surface area contributed by atoms with Crippen molar-refractivity contribution in [2.24, 2.45) is 11.1 Å². The van der Waals surface area contributed by atoms with Gasteiger partial charge in [-0.25, -0.2) is 4.79 Å². The van der Waals surface area contributed by atoms with Crippen LogP contribution in [0, 0.1) is 5.41 Å². The number of nitrogens with two attached hydrogens (primary N) is 1.